The summed E-state index contributed by atoms with van der Waals surface area (Å²) in [6.45, 7) is 11.8. The minimum atomic E-state index is 0.553. The van der Waals surface area contributed by atoms with E-state index in [4.69, 9.17) is 0 Å². The minimum Gasteiger partial charge on any atom is -0.316 e. The summed E-state index contributed by atoms with van der Waals surface area (Å²) in [5, 5.41) is 3.72. The van der Waals surface area contributed by atoms with E-state index in [9.17, 15) is 0 Å². The maximum Gasteiger partial charge on any atom is 0.00471 e. The lowest BCUT2D eigenvalue weighted by atomic mass is 9.73. The molecule has 0 atom stereocenters. The summed E-state index contributed by atoms with van der Waals surface area (Å²) in [5.41, 5.74) is 0.553. The summed E-state index contributed by atoms with van der Waals surface area (Å²) in [6, 6.07) is 0. The Labute approximate surface area is 115 Å². The molecule has 0 aromatic carbocycles. The first-order chi connectivity index (χ1) is 8.58. The maximum atomic E-state index is 3.72. The monoisotopic (exact) mass is 254 g/mol. The van der Waals surface area contributed by atoms with Crippen molar-refractivity contribution in [1.29, 1.82) is 0 Å². The Kier molecular flexibility index (Phi) is 7.25. The number of hydrogen-bond donors (Lipinski definition) is 1. The van der Waals surface area contributed by atoms with E-state index >= 15 is 0 Å². The van der Waals surface area contributed by atoms with Gasteiger partial charge in [-0.3, -0.25) is 0 Å². The third-order valence-electron chi connectivity index (χ3n) is 4.18. The van der Waals surface area contributed by atoms with Crippen LogP contribution in [-0.2, 0) is 0 Å². The maximum absolute atomic E-state index is 3.72. The van der Waals surface area contributed by atoms with Gasteiger partial charge in [0, 0.05) is 13.1 Å². The molecule has 0 bridgehead atoms. The quantitative estimate of drug-likeness (QED) is 0.713. The molecule has 1 aliphatic rings. The van der Waals surface area contributed by atoms with Gasteiger partial charge in [-0.25, -0.2) is 0 Å². The zero-order valence-corrected chi connectivity index (χ0v) is 13.1. The molecule has 1 fully saturated rings. The fourth-order valence-electron chi connectivity index (χ4n) is 3.35. The van der Waals surface area contributed by atoms with Gasteiger partial charge in [-0.2, -0.15) is 0 Å². The van der Waals surface area contributed by atoms with Gasteiger partial charge in [-0.1, -0.05) is 40.0 Å². The van der Waals surface area contributed by atoms with Gasteiger partial charge < -0.3 is 10.2 Å². The topological polar surface area (TPSA) is 15.3 Å². The fraction of sp³-hybridized carbons (Fsp3) is 1.00. The molecule has 1 N–H and O–H groups in total. The van der Waals surface area contributed by atoms with Crippen LogP contribution in [0.3, 0.4) is 0 Å². The van der Waals surface area contributed by atoms with Crippen molar-refractivity contribution in [3.63, 3.8) is 0 Å². The molecule has 0 amide bonds. The molecule has 0 aromatic heterocycles. The lowest BCUT2D eigenvalue weighted by molar-refractivity contribution is 0.116. The first-order valence-corrected chi connectivity index (χ1v) is 7.97. The fourth-order valence-corrected chi connectivity index (χ4v) is 3.35. The van der Waals surface area contributed by atoms with E-state index < -0.39 is 0 Å². The molecular formula is C16H34N2. The van der Waals surface area contributed by atoms with Gasteiger partial charge in [0.1, 0.15) is 0 Å². The molecule has 0 saturated heterocycles. The summed E-state index contributed by atoms with van der Waals surface area (Å²) in [6.07, 6.45) is 8.43. The Morgan fingerprint density at radius 1 is 1.17 bits per heavy atom. The Hall–Kier alpha value is -0.0800. The third kappa shape index (κ3) is 5.71. The van der Waals surface area contributed by atoms with Crippen molar-refractivity contribution < 1.29 is 0 Å². The van der Waals surface area contributed by atoms with Crippen LogP contribution < -0.4 is 5.32 Å². The highest BCUT2D eigenvalue weighted by Crippen LogP contribution is 2.36. The highest BCUT2D eigenvalue weighted by Gasteiger charge is 2.32. The molecule has 0 spiro atoms. The van der Waals surface area contributed by atoms with E-state index in [0.717, 1.165) is 5.92 Å². The van der Waals surface area contributed by atoms with E-state index in [-0.39, 0.29) is 0 Å². The lowest BCUT2D eigenvalue weighted by Gasteiger charge is -2.40. The molecule has 18 heavy (non-hydrogen) atoms. The SMILES string of the molecule is CCCN(C)CC1(CNCC(C)C)CCCCC1. The summed E-state index contributed by atoms with van der Waals surface area (Å²) in [4.78, 5) is 2.54. The third-order valence-corrected chi connectivity index (χ3v) is 4.18. The predicted molar refractivity (Wildman–Crippen MR) is 81.0 cm³/mol. The van der Waals surface area contributed by atoms with E-state index in [1.54, 1.807) is 0 Å². The van der Waals surface area contributed by atoms with Gasteiger partial charge in [0.15, 0.2) is 0 Å². The van der Waals surface area contributed by atoms with Gasteiger partial charge in [0.25, 0.3) is 0 Å². The largest absolute Gasteiger partial charge is 0.316 e. The minimum absolute atomic E-state index is 0.553. The van der Waals surface area contributed by atoms with Crippen LogP contribution in [0.15, 0.2) is 0 Å². The summed E-state index contributed by atoms with van der Waals surface area (Å²) in [5.74, 6) is 0.763. The van der Waals surface area contributed by atoms with E-state index in [0.29, 0.717) is 5.41 Å². The van der Waals surface area contributed by atoms with Crippen LogP contribution in [-0.4, -0.2) is 38.1 Å². The zero-order valence-electron chi connectivity index (χ0n) is 13.1. The van der Waals surface area contributed by atoms with Crippen LogP contribution in [0.4, 0.5) is 0 Å². The average Bonchev–Trinajstić information content (AvgIpc) is 2.29. The molecule has 2 nitrogen and oxygen atoms in total. The van der Waals surface area contributed by atoms with Crippen LogP contribution in [0.2, 0.25) is 0 Å². The Balaban J connectivity index is 2.46. The lowest BCUT2D eigenvalue weighted by Crippen LogP contribution is -2.45. The molecule has 1 rings (SSSR count). The molecule has 2 heteroatoms. The van der Waals surface area contributed by atoms with Gasteiger partial charge in [-0.15, -0.1) is 0 Å². The van der Waals surface area contributed by atoms with E-state index in [1.807, 2.05) is 0 Å². The summed E-state index contributed by atoms with van der Waals surface area (Å²) in [7, 11) is 2.29. The normalized spacial score (nSPS) is 19.7. The number of rotatable bonds is 8. The highest BCUT2D eigenvalue weighted by atomic mass is 15.1. The second-order valence-electron chi connectivity index (χ2n) is 6.82. The van der Waals surface area contributed by atoms with E-state index in [1.165, 1.54) is 64.7 Å². The molecular weight excluding hydrogens is 220 g/mol. The van der Waals surface area contributed by atoms with Crippen molar-refractivity contribution in [2.75, 3.05) is 33.2 Å². The second-order valence-corrected chi connectivity index (χ2v) is 6.82. The summed E-state index contributed by atoms with van der Waals surface area (Å²) >= 11 is 0. The highest BCUT2D eigenvalue weighted by molar-refractivity contribution is 4.87. The second kappa shape index (κ2) is 8.16. The Morgan fingerprint density at radius 2 is 1.83 bits per heavy atom. The molecule has 0 radical (unpaired) electrons. The Morgan fingerprint density at radius 3 is 2.39 bits per heavy atom. The van der Waals surface area contributed by atoms with Crippen LogP contribution in [0, 0.1) is 11.3 Å². The van der Waals surface area contributed by atoms with Crippen LogP contribution in [0.5, 0.6) is 0 Å². The molecule has 108 valence electrons. The Bertz CT molecular complexity index is 207. The van der Waals surface area contributed by atoms with Crippen molar-refractivity contribution in [1.82, 2.24) is 10.2 Å². The number of hydrogen-bond acceptors (Lipinski definition) is 2. The first kappa shape index (κ1) is 16.0. The zero-order chi connectivity index (χ0) is 13.4. The van der Waals surface area contributed by atoms with Crippen molar-refractivity contribution in [3.05, 3.63) is 0 Å². The van der Waals surface area contributed by atoms with Gasteiger partial charge in [0.05, 0.1) is 0 Å². The number of nitrogens with zero attached hydrogens (tertiary/aromatic N) is 1. The van der Waals surface area contributed by atoms with Gasteiger partial charge in [-0.05, 0) is 50.7 Å². The molecule has 1 saturated carbocycles. The number of nitrogens with one attached hydrogen (secondary N) is 1. The smallest absolute Gasteiger partial charge is 0.00471 e. The van der Waals surface area contributed by atoms with Crippen molar-refractivity contribution in [2.45, 2.75) is 59.3 Å². The van der Waals surface area contributed by atoms with Gasteiger partial charge in [0.2, 0.25) is 0 Å². The summed E-state index contributed by atoms with van der Waals surface area (Å²) < 4.78 is 0. The first-order valence-electron chi connectivity index (χ1n) is 7.97. The van der Waals surface area contributed by atoms with Gasteiger partial charge >= 0.3 is 0 Å². The molecule has 0 aliphatic heterocycles. The van der Waals surface area contributed by atoms with E-state index in [2.05, 4.69) is 38.0 Å². The van der Waals surface area contributed by atoms with Crippen molar-refractivity contribution >= 4 is 0 Å². The molecule has 1 aliphatic carbocycles. The average molecular weight is 254 g/mol. The standard InChI is InChI=1S/C16H34N2/c1-5-11-18(4)14-16(9-7-6-8-10-16)13-17-12-15(2)3/h15,17H,5-14H2,1-4H3. The molecule has 0 unspecified atom stereocenters. The van der Waals surface area contributed by atoms with Crippen LogP contribution >= 0.6 is 0 Å². The molecule has 0 aromatic rings. The molecule has 0 heterocycles. The van der Waals surface area contributed by atoms with Crippen LogP contribution in [0.1, 0.15) is 59.3 Å². The van der Waals surface area contributed by atoms with Crippen molar-refractivity contribution in [3.8, 4) is 0 Å². The van der Waals surface area contributed by atoms with Crippen molar-refractivity contribution in [2.24, 2.45) is 11.3 Å². The van der Waals surface area contributed by atoms with Crippen LogP contribution in [0.25, 0.3) is 0 Å². The predicted octanol–water partition coefficient (Wildman–Crippen LogP) is 3.52.